The predicted octanol–water partition coefficient (Wildman–Crippen LogP) is 3.09. The highest BCUT2D eigenvalue weighted by molar-refractivity contribution is 6.01. The topological polar surface area (TPSA) is 50.4 Å². The van der Waals surface area contributed by atoms with E-state index in [1.165, 1.54) is 0 Å². The molecule has 0 bridgehead atoms. The van der Waals surface area contributed by atoms with E-state index in [-0.39, 0.29) is 17.9 Å². The average molecular weight is 290 g/mol. The molecule has 0 spiro atoms. The number of carbonyl (C=O) groups excluding carboxylic acids is 1. The molecule has 0 fully saturated rings. The van der Waals surface area contributed by atoms with E-state index in [0.29, 0.717) is 5.92 Å². The highest BCUT2D eigenvalue weighted by Crippen LogP contribution is 2.30. The number of rotatable bonds is 6. The van der Waals surface area contributed by atoms with Crippen LogP contribution in [0.1, 0.15) is 44.5 Å². The first kappa shape index (κ1) is 15.8. The maximum atomic E-state index is 12.4. The molecule has 0 aromatic heterocycles. The Morgan fingerprint density at radius 3 is 2.86 bits per heavy atom. The van der Waals surface area contributed by atoms with Gasteiger partial charge in [-0.25, -0.2) is 0 Å². The molecule has 116 valence electrons. The molecule has 1 aromatic carbocycles. The first-order valence-electron chi connectivity index (χ1n) is 7.83. The quantitative estimate of drug-likeness (QED) is 0.791. The zero-order valence-corrected chi connectivity index (χ0v) is 13.4. The third kappa shape index (κ3) is 3.97. The van der Waals surface area contributed by atoms with Crippen molar-refractivity contribution < 1.29 is 9.53 Å². The van der Waals surface area contributed by atoms with Crippen molar-refractivity contribution in [1.29, 1.82) is 0 Å². The molecule has 2 N–H and O–H groups in total. The van der Waals surface area contributed by atoms with Crippen molar-refractivity contribution >= 4 is 11.5 Å². The fourth-order valence-corrected chi connectivity index (χ4v) is 2.35. The molecule has 1 aromatic rings. The van der Waals surface area contributed by atoms with Crippen LogP contribution in [0.2, 0.25) is 0 Å². The van der Waals surface area contributed by atoms with Gasteiger partial charge >= 0.3 is 0 Å². The summed E-state index contributed by atoms with van der Waals surface area (Å²) in [5.41, 5.74) is 1.64. The molecule has 2 atom stereocenters. The van der Waals surface area contributed by atoms with Gasteiger partial charge in [0.05, 0.1) is 18.3 Å². The van der Waals surface area contributed by atoms with Crippen molar-refractivity contribution in [3.8, 4) is 5.75 Å². The smallest absolute Gasteiger partial charge is 0.179 e. The summed E-state index contributed by atoms with van der Waals surface area (Å²) < 4.78 is 5.87. The van der Waals surface area contributed by atoms with Gasteiger partial charge in [0.15, 0.2) is 5.78 Å². The lowest BCUT2D eigenvalue weighted by molar-refractivity contribution is 0.0949. The Balaban J connectivity index is 2.06. The van der Waals surface area contributed by atoms with Crippen LogP contribution in [0.15, 0.2) is 18.2 Å². The first-order chi connectivity index (χ1) is 10.0. The normalized spacial score (nSPS) is 18.6. The van der Waals surface area contributed by atoms with Crippen molar-refractivity contribution in [2.75, 3.05) is 18.4 Å². The van der Waals surface area contributed by atoms with Gasteiger partial charge in [-0.2, -0.15) is 0 Å². The first-order valence-corrected chi connectivity index (χ1v) is 7.83. The van der Waals surface area contributed by atoms with Crippen LogP contribution in [0.5, 0.6) is 5.75 Å². The Labute approximate surface area is 127 Å². The lowest BCUT2D eigenvalue weighted by Crippen LogP contribution is -2.36. The standard InChI is InChI=1S/C17H26N2O2/c1-5-14-10-19-15-8-13(6-7-16(15)21-14)17(20)12(4)18-9-11(2)3/h6-8,11-12,14,18-19H,5,9-10H2,1-4H3. The number of carbonyl (C=O) groups is 1. The van der Waals surface area contributed by atoms with Gasteiger partial charge in [0.25, 0.3) is 0 Å². The number of hydrogen-bond donors (Lipinski definition) is 2. The van der Waals surface area contributed by atoms with E-state index in [0.717, 1.165) is 36.5 Å². The van der Waals surface area contributed by atoms with Crippen LogP contribution in [0.25, 0.3) is 0 Å². The number of anilines is 1. The Morgan fingerprint density at radius 2 is 2.19 bits per heavy atom. The van der Waals surface area contributed by atoms with Crippen molar-refractivity contribution in [3.05, 3.63) is 23.8 Å². The summed E-state index contributed by atoms with van der Waals surface area (Å²) in [6, 6.07) is 5.48. The molecule has 2 unspecified atom stereocenters. The van der Waals surface area contributed by atoms with E-state index in [9.17, 15) is 4.79 Å². The van der Waals surface area contributed by atoms with Gasteiger partial charge in [-0.05, 0) is 44.0 Å². The highest BCUT2D eigenvalue weighted by Gasteiger charge is 2.21. The lowest BCUT2D eigenvalue weighted by atomic mass is 10.0. The lowest BCUT2D eigenvalue weighted by Gasteiger charge is -2.27. The molecule has 2 rings (SSSR count). The number of Topliss-reactive ketones (excluding diaryl/α,β-unsaturated/α-hetero) is 1. The highest BCUT2D eigenvalue weighted by atomic mass is 16.5. The summed E-state index contributed by atoms with van der Waals surface area (Å²) in [4.78, 5) is 12.4. The van der Waals surface area contributed by atoms with Crippen LogP contribution in [0.3, 0.4) is 0 Å². The van der Waals surface area contributed by atoms with E-state index in [1.54, 1.807) is 0 Å². The van der Waals surface area contributed by atoms with Crippen LogP contribution in [0.4, 0.5) is 5.69 Å². The molecule has 1 heterocycles. The molecule has 21 heavy (non-hydrogen) atoms. The molecule has 0 saturated heterocycles. The molecule has 0 amide bonds. The van der Waals surface area contributed by atoms with Gasteiger partial charge in [-0.3, -0.25) is 4.79 Å². The molecule has 0 aliphatic carbocycles. The molecule has 1 aliphatic heterocycles. The van der Waals surface area contributed by atoms with E-state index < -0.39 is 0 Å². The predicted molar refractivity (Wildman–Crippen MR) is 86.3 cm³/mol. The summed E-state index contributed by atoms with van der Waals surface area (Å²) in [7, 11) is 0. The summed E-state index contributed by atoms with van der Waals surface area (Å²) >= 11 is 0. The van der Waals surface area contributed by atoms with Gasteiger partial charge in [-0.15, -0.1) is 0 Å². The Hall–Kier alpha value is -1.55. The molecular formula is C17H26N2O2. The molecule has 1 aliphatic rings. The number of hydrogen-bond acceptors (Lipinski definition) is 4. The van der Waals surface area contributed by atoms with Gasteiger partial charge in [0.1, 0.15) is 11.9 Å². The van der Waals surface area contributed by atoms with Gasteiger partial charge in [-0.1, -0.05) is 20.8 Å². The second-order valence-corrected chi connectivity index (χ2v) is 6.13. The largest absolute Gasteiger partial charge is 0.486 e. The summed E-state index contributed by atoms with van der Waals surface area (Å²) in [5, 5.41) is 6.63. The van der Waals surface area contributed by atoms with E-state index >= 15 is 0 Å². The molecule has 0 saturated carbocycles. The number of fused-ring (bicyclic) bond motifs is 1. The SMILES string of the molecule is CCC1CNc2cc(C(=O)C(C)NCC(C)C)ccc2O1. The van der Waals surface area contributed by atoms with Crippen molar-refractivity contribution in [2.24, 2.45) is 5.92 Å². The molecular weight excluding hydrogens is 264 g/mol. The monoisotopic (exact) mass is 290 g/mol. The maximum Gasteiger partial charge on any atom is 0.179 e. The maximum absolute atomic E-state index is 12.4. The molecule has 4 nitrogen and oxygen atoms in total. The second kappa shape index (κ2) is 6.94. The number of ketones is 1. The van der Waals surface area contributed by atoms with Crippen LogP contribution >= 0.6 is 0 Å². The van der Waals surface area contributed by atoms with Gasteiger partial charge in [0.2, 0.25) is 0 Å². The van der Waals surface area contributed by atoms with Crippen LogP contribution < -0.4 is 15.4 Å². The average Bonchev–Trinajstić information content (AvgIpc) is 2.50. The van der Waals surface area contributed by atoms with Crippen LogP contribution in [-0.4, -0.2) is 31.0 Å². The number of ether oxygens (including phenoxy) is 1. The number of nitrogens with one attached hydrogen (secondary N) is 2. The minimum absolute atomic E-state index is 0.123. The minimum atomic E-state index is -0.168. The number of benzene rings is 1. The van der Waals surface area contributed by atoms with Crippen molar-refractivity contribution in [1.82, 2.24) is 5.32 Å². The fourth-order valence-electron chi connectivity index (χ4n) is 2.35. The zero-order valence-electron chi connectivity index (χ0n) is 13.4. The fraction of sp³-hybridized carbons (Fsp3) is 0.588. The van der Waals surface area contributed by atoms with E-state index in [1.807, 2.05) is 25.1 Å². The summed E-state index contributed by atoms with van der Waals surface area (Å²) in [5.74, 6) is 1.50. The van der Waals surface area contributed by atoms with E-state index in [2.05, 4.69) is 31.4 Å². The third-order valence-electron chi connectivity index (χ3n) is 3.76. The second-order valence-electron chi connectivity index (χ2n) is 6.13. The van der Waals surface area contributed by atoms with E-state index in [4.69, 9.17) is 4.74 Å². The van der Waals surface area contributed by atoms with Gasteiger partial charge < -0.3 is 15.4 Å². The Morgan fingerprint density at radius 1 is 1.43 bits per heavy atom. The third-order valence-corrected chi connectivity index (χ3v) is 3.76. The Bertz CT molecular complexity index is 500. The minimum Gasteiger partial charge on any atom is -0.486 e. The summed E-state index contributed by atoms with van der Waals surface area (Å²) in [6.45, 7) is 9.93. The van der Waals surface area contributed by atoms with Crippen molar-refractivity contribution in [3.63, 3.8) is 0 Å². The molecule has 0 radical (unpaired) electrons. The molecule has 4 heteroatoms. The van der Waals surface area contributed by atoms with Crippen molar-refractivity contribution in [2.45, 2.75) is 46.3 Å². The summed E-state index contributed by atoms with van der Waals surface area (Å²) in [6.07, 6.45) is 1.19. The van der Waals surface area contributed by atoms with Crippen LogP contribution in [-0.2, 0) is 0 Å². The van der Waals surface area contributed by atoms with Gasteiger partial charge in [0, 0.05) is 5.56 Å². The van der Waals surface area contributed by atoms with Crippen LogP contribution in [0, 0.1) is 5.92 Å². The zero-order chi connectivity index (χ0) is 15.4. The Kier molecular flexibility index (Phi) is 5.23.